The van der Waals surface area contributed by atoms with Gasteiger partial charge in [0.15, 0.2) is 0 Å². The maximum absolute atomic E-state index is 12.4. The van der Waals surface area contributed by atoms with Gasteiger partial charge in [-0.15, -0.1) is 0 Å². The highest BCUT2D eigenvalue weighted by molar-refractivity contribution is 5.78. The molecule has 0 aromatic carbocycles. The summed E-state index contributed by atoms with van der Waals surface area (Å²) in [6.07, 6.45) is 3.69. The summed E-state index contributed by atoms with van der Waals surface area (Å²) in [4.78, 5) is 18.6. The van der Waals surface area contributed by atoms with Crippen LogP contribution in [-0.2, 0) is 11.3 Å². The fourth-order valence-electron chi connectivity index (χ4n) is 2.36. The van der Waals surface area contributed by atoms with Crippen LogP contribution in [-0.4, -0.2) is 35.4 Å². The monoisotopic (exact) mass is 247 g/mol. The Morgan fingerprint density at radius 2 is 2.22 bits per heavy atom. The minimum absolute atomic E-state index is 0.190. The van der Waals surface area contributed by atoms with Crippen LogP contribution in [0.2, 0.25) is 0 Å². The third-order valence-electron chi connectivity index (χ3n) is 3.46. The molecule has 98 valence electrons. The minimum atomic E-state index is 0.190. The van der Waals surface area contributed by atoms with Crippen LogP contribution in [0.15, 0.2) is 24.4 Å². The molecule has 0 saturated carbocycles. The Bertz CT molecular complexity index is 374. The van der Waals surface area contributed by atoms with Crippen LogP contribution >= 0.6 is 0 Å². The van der Waals surface area contributed by atoms with Gasteiger partial charge in [-0.1, -0.05) is 6.07 Å². The predicted octanol–water partition coefficient (Wildman–Crippen LogP) is 1.43. The van der Waals surface area contributed by atoms with E-state index in [0.29, 0.717) is 6.54 Å². The Hall–Kier alpha value is -1.42. The molecule has 0 atom stereocenters. The van der Waals surface area contributed by atoms with Crippen molar-refractivity contribution in [1.82, 2.24) is 15.2 Å². The number of nitrogens with one attached hydrogen (secondary N) is 1. The van der Waals surface area contributed by atoms with Crippen LogP contribution in [0.5, 0.6) is 0 Å². The van der Waals surface area contributed by atoms with E-state index in [1.807, 2.05) is 30.0 Å². The molecule has 2 heterocycles. The average Bonchev–Trinajstić information content (AvgIpc) is 2.46. The summed E-state index contributed by atoms with van der Waals surface area (Å²) in [7, 11) is 0. The normalized spacial score (nSPS) is 16.5. The third-order valence-corrected chi connectivity index (χ3v) is 3.46. The van der Waals surface area contributed by atoms with Crippen molar-refractivity contribution in [3.63, 3.8) is 0 Å². The lowest BCUT2D eigenvalue weighted by molar-refractivity contribution is -0.136. The highest BCUT2D eigenvalue weighted by atomic mass is 16.2. The number of piperidine rings is 1. The number of rotatable bonds is 4. The number of carbonyl (C=O) groups is 1. The number of aromatic nitrogens is 1. The van der Waals surface area contributed by atoms with E-state index in [1.54, 1.807) is 6.20 Å². The summed E-state index contributed by atoms with van der Waals surface area (Å²) in [6, 6.07) is 5.83. The Morgan fingerprint density at radius 3 is 2.83 bits per heavy atom. The second-order valence-electron chi connectivity index (χ2n) is 4.70. The standard InChI is InChI=1S/C14H21N3O/c1-2-17(11-13-5-3-4-8-16-13)14(18)12-6-9-15-10-7-12/h3-5,8,12,15H,2,6-7,9-11H2,1H3. The van der Waals surface area contributed by atoms with Crippen molar-refractivity contribution < 1.29 is 4.79 Å². The fraction of sp³-hybridized carbons (Fsp3) is 0.571. The molecule has 1 aliphatic heterocycles. The van der Waals surface area contributed by atoms with Crippen molar-refractivity contribution in [2.24, 2.45) is 5.92 Å². The van der Waals surface area contributed by atoms with E-state index in [1.165, 1.54) is 0 Å². The van der Waals surface area contributed by atoms with Crippen LogP contribution < -0.4 is 5.32 Å². The summed E-state index contributed by atoms with van der Waals surface area (Å²) in [5.41, 5.74) is 0.960. The number of hydrogen-bond donors (Lipinski definition) is 1. The Labute approximate surface area is 108 Å². The molecule has 1 fully saturated rings. The van der Waals surface area contributed by atoms with Gasteiger partial charge in [-0.05, 0) is 45.0 Å². The van der Waals surface area contributed by atoms with Gasteiger partial charge in [-0.25, -0.2) is 0 Å². The zero-order valence-electron chi connectivity index (χ0n) is 10.9. The smallest absolute Gasteiger partial charge is 0.226 e. The van der Waals surface area contributed by atoms with E-state index in [0.717, 1.165) is 38.2 Å². The quantitative estimate of drug-likeness (QED) is 0.875. The molecular weight excluding hydrogens is 226 g/mol. The number of nitrogens with zero attached hydrogens (tertiary/aromatic N) is 2. The van der Waals surface area contributed by atoms with Gasteiger partial charge < -0.3 is 10.2 Å². The summed E-state index contributed by atoms with van der Waals surface area (Å²) >= 11 is 0. The van der Waals surface area contributed by atoms with Crippen molar-refractivity contribution in [3.8, 4) is 0 Å². The van der Waals surface area contributed by atoms with Crippen molar-refractivity contribution in [2.45, 2.75) is 26.3 Å². The van der Waals surface area contributed by atoms with E-state index in [-0.39, 0.29) is 11.8 Å². The molecule has 1 aromatic rings. The molecule has 18 heavy (non-hydrogen) atoms. The summed E-state index contributed by atoms with van der Waals surface area (Å²) in [5, 5.41) is 3.29. The van der Waals surface area contributed by atoms with Crippen LogP contribution in [0.1, 0.15) is 25.5 Å². The minimum Gasteiger partial charge on any atom is -0.337 e. The molecule has 4 nitrogen and oxygen atoms in total. The number of pyridine rings is 1. The first-order valence-electron chi connectivity index (χ1n) is 6.70. The zero-order valence-corrected chi connectivity index (χ0v) is 10.9. The van der Waals surface area contributed by atoms with E-state index in [2.05, 4.69) is 10.3 Å². The van der Waals surface area contributed by atoms with Gasteiger partial charge in [0.25, 0.3) is 0 Å². The molecule has 0 unspecified atom stereocenters. The van der Waals surface area contributed by atoms with Gasteiger partial charge in [0, 0.05) is 18.7 Å². The molecule has 4 heteroatoms. The molecule has 1 amide bonds. The highest BCUT2D eigenvalue weighted by Gasteiger charge is 2.25. The fourth-order valence-corrected chi connectivity index (χ4v) is 2.36. The summed E-state index contributed by atoms with van der Waals surface area (Å²) in [6.45, 7) is 5.32. The van der Waals surface area contributed by atoms with Gasteiger partial charge in [0.2, 0.25) is 5.91 Å². The molecule has 0 bridgehead atoms. The SMILES string of the molecule is CCN(Cc1ccccn1)C(=O)C1CCNCC1. The molecule has 0 radical (unpaired) electrons. The van der Waals surface area contributed by atoms with E-state index >= 15 is 0 Å². The third kappa shape index (κ3) is 3.29. The van der Waals surface area contributed by atoms with Crippen LogP contribution in [0.25, 0.3) is 0 Å². The van der Waals surface area contributed by atoms with Gasteiger partial charge in [0.05, 0.1) is 12.2 Å². The van der Waals surface area contributed by atoms with Gasteiger partial charge in [0.1, 0.15) is 0 Å². The van der Waals surface area contributed by atoms with Crippen LogP contribution in [0.3, 0.4) is 0 Å². The first kappa shape index (κ1) is 13.0. The average molecular weight is 247 g/mol. The molecule has 1 N–H and O–H groups in total. The predicted molar refractivity (Wildman–Crippen MR) is 70.9 cm³/mol. The van der Waals surface area contributed by atoms with Gasteiger partial charge >= 0.3 is 0 Å². The van der Waals surface area contributed by atoms with Crippen molar-refractivity contribution in [1.29, 1.82) is 0 Å². The van der Waals surface area contributed by atoms with Crippen molar-refractivity contribution in [3.05, 3.63) is 30.1 Å². The summed E-state index contributed by atoms with van der Waals surface area (Å²) < 4.78 is 0. The second-order valence-corrected chi connectivity index (χ2v) is 4.70. The molecule has 1 saturated heterocycles. The summed E-state index contributed by atoms with van der Waals surface area (Å²) in [5.74, 6) is 0.472. The number of amides is 1. The molecular formula is C14H21N3O. The maximum Gasteiger partial charge on any atom is 0.226 e. The number of hydrogen-bond acceptors (Lipinski definition) is 3. The maximum atomic E-state index is 12.4. The molecule has 2 rings (SSSR count). The second kappa shape index (κ2) is 6.50. The lowest BCUT2D eigenvalue weighted by Crippen LogP contribution is -2.40. The van der Waals surface area contributed by atoms with E-state index < -0.39 is 0 Å². The lowest BCUT2D eigenvalue weighted by Gasteiger charge is -2.28. The lowest BCUT2D eigenvalue weighted by atomic mass is 9.96. The Kier molecular flexibility index (Phi) is 4.70. The van der Waals surface area contributed by atoms with Crippen molar-refractivity contribution >= 4 is 5.91 Å². The first-order valence-corrected chi connectivity index (χ1v) is 6.70. The van der Waals surface area contributed by atoms with E-state index in [9.17, 15) is 4.79 Å². The number of carbonyl (C=O) groups excluding carboxylic acids is 1. The molecule has 1 aliphatic rings. The largest absolute Gasteiger partial charge is 0.337 e. The molecule has 0 aliphatic carbocycles. The highest BCUT2D eigenvalue weighted by Crippen LogP contribution is 2.16. The van der Waals surface area contributed by atoms with Gasteiger partial charge in [-0.3, -0.25) is 9.78 Å². The van der Waals surface area contributed by atoms with Crippen LogP contribution in [0, 0.1) is 5.92 Å². The van der Waals surface area contributed by atoms with Crippen LogP contribution in [0.4, 0.5) is 0 Å². The Morgan fingerprint density at radius 1 is 1.44 bits per heavy atom. The molecule has 1 aromatic heterocycles. The van der Waals surface area contributed by atoms with Gasteiger partial charge in [-0.2, -0.15) is 0 Å². The molecule has 0 spiro atoms. The zero-order chi connectivity index (χ0) is 12.8. The van der Waals surface area contributed by atoms with E-state index in [4.69, 9.17) is 0 Å². The Balaban J connectivity index is 1.97. The van der Waals surface area contributed by atoms with Crippen molar-refractivity contribution in [2.75, 3.05) is 19.6 Å². The topological polar surface area (TPSA) is 45.2 Å². The first-order chi connectivity index (χ1) is 8.81.